The van der Waals surface area contributed by atoms with Gasteiger partial charge in [-0.3, -0.25) is 9.13 Å². The topological polar surface area (TPSA) is 51.4 Å². The number of nitrogens with zero attached hydrogens (tertiary/aromatic N) is 3. The molecule has 0 spiro atoms. The van der Waals surface area contributed by atoms with Gasteiger partial charge in [0.05, 0.1) is 12.3 Å². The highest BCUT2D eigenvalue weighted by atomic mass is 16.5. The second-order valence-corrected chi connectivity index (χ2v) is 8.54. The fraction of sp³-hybridized carbons (Fsp3) is 0.640. The van der Waals surface area contributed by atoms with Gasteiger partial charge in [-0.2, -0.15) is 0 Å². The summed E-state index contributed by atoms with van der Waals surface area (Å²) in [7, 11) is 0. The van der Waals surface area contributed by atoms with E-state index >= 15 is 0 Å². The third-order valence-electron chi connectivity index (χ3n) is 6.53. The van der Waals surface area contributed by atoms with Crippen LogP contribution >= 0.6 is 0 Å². The number of nitrogens with one attached hydrogen (secondary N) is 1. The number of hydrogen-bond acceptors (Lipinski definition) is 4. The molecule has 1 saturated carbocycles. The van der Waals surface area contributed by atoms with Crippen molar-refractivity contribution in [1.82, 2.24) is 19.4 Å². The van der Waals surface area contributed by atoms with Gasteiger partial charge in [0.25, 0.3) is 0 Å². The maximum atomic E-state index is 13.0. The molecule has 0 amide bonds. The average molecular weight is 429 g/mol. The molecule has 0 unspecified atom stereocenters. The van der Waals surface area contributed by atoms with E-state index in [1.54, 1.807) is 4.57 Å². The van der Waals surface area contributed by atoms with Gasteiger partial charge in [-0.25, -0.2) is 4.79 Å². The van der Waals surface area contributed by atoms with Crippen molar-refractivity contribution < 1.29 is 4.74 Å². The summed E-state index contributed by atoms with van der Waals surface area (Å²) in [4.78, 5) is 15.5. The second kappa shape index (κ2) is 12.1. The number of ether oxygens (including phenoxy) is 1. The first-order chi connectivity index (χ1) is 15.2. The highest BCUT2D eigenvalue weighted by Crippen LogP contribution is 2.27. The number of aromatic nitrogens is 2. The molecule has 1 heterocycles. The van der Waals surface area contributed by atoms with Gasteiger partial charge < -0.3 is 15.0 Å². The van der Waals surface area contributed by atoms with E-state index in [-0.39, 0.29) is 5.69 Å². The van der Waals surface area contributed by atoms with Gasteiger partial charge in [-0.1, -0.05) is 27.2 Å². The first kappa shape index (κ1) is 23.6. The van der Waals surface area contributed by atoms with E-state index in [4.69, 9.17) is 4.74 Å². The largest absolute Gasteiger partial charge is 0.494 e. The molecule has 172 valence electrons. The summed E-state index contributed by atoms with van der Waals surface area (Å²) >= 11 is 0. The van der Waals surface area contributed by atoms with Gasteiger partial charge >= 0.3 is 5.69 Å². The molecule has 1 N–H and O–H groups in total. The zero-order valence-electron chi connectivity index (χ0n) is 19.6. The van der Waals surface area contributed by atoms with E-state index in [1.165, 1.54) is 0 Å². The molecule has 1 aliphatic rings. The van der Waals surface area contributed by atoms with E-state index in [9.17, 15) is 4.79 Å². The van der Waals surface area contributed by atoms with E-state index in [2.05, 4.69) is 31.0 Å². The van der Waals surface area contributed by atoms with Crippen LogP contribution in [0.15, 0.2) is 41.5 Å². The maximum Gasteiger partial charge on any atom is 0.332 e. The first-order valence-electron chi connectivity index (χ1n) is 12.1. The molecule has 1 aliphatic carbocycles. The summed E-state index contributed by atoms with van der Waals surface area (Å²) in [6.07, 6.45) is 10.4. The molecule has 1 aromatic heterocycles. The Labute approximate surface area is 187 Å². The fourth-order valence-corrected chi connectivity index (χ4v) is 4.43. The summed E-state index contributed by atoms with van der Waals surface area (Å²) in [6, 6.07) is 8.69. The van der Waals surface area contributed by atoms with Gasteiger partial charge in [0, 0.05) is 37.6 Å². The van der Waals surface area contributed by atoms with Gasteiger partial charge in [0.15, 0.2) is 0 Å². The molecule has 1 fully saturated rings. The third-order valence-corrected chi connectivity index (χ3v) is 6.53. The van der Waals surface area contributed by atoms with E-state index in [0.29, 0.717) is 12.1 Å². The van der Waals surface area contributed by atoms with Crippen molar-refractivity contribution in [3.63, 3.8) is 0 Å². The number of benzene rings is 1. The minimum atomic E-state index is 0.0533. The normalized spacial score (nSPS) is 19.1. The molecule has 6 heteroatoms. The van der Waals surface area contributed by atoms with Crippen LogP contribution in [0.3, 0.4) is 0 Å². The summed E-state index contributed by atoms with van der Waals surface area (Å²) < 4.78 is 9.40. The standard InChI is InChI=1S/C25H40N4O2/c1-4-7-20-31-24-14-12-23(13-15-24)29-19-18-28(25(29)30)22-10-8-21(9-11-22)26-16-17-27(5-2)6-3/h12-15,18-19,21-22,26H,4-11,16-17,20H2,1-3H3. The quantitative estimate of drug-likeness (QED) is 0.514. The van der Waals surface area contributed by atoms with Crippen LogP contribution in [0.2, 0.25) is 0 Å². The summed E-state index contributed by atoms with van der Waals surface area (Å²) in [5.74, 6) is 0.858. The van der Waals surface area contributed by atoms with Gasteiger partial charge in [0.2, 0.25) is 0 Å². The van der Waals surface area contributed by atoms with Crippen LogP contribution in [-0.2, 0) is 0 Å². The summed E-state index contributed by atoms with van der Waals surface area (Å²) in [5.41, 5.74) is 0.941. The molecule has 1 aromatic carbocycles. The highest BCUT2D eigenvalue weighted by molar-refractivity contribution is 5.37. The number of likely N-dealkylation sites (N-methyl/N-ethyl adjacent to an activating group) is 1. The Morgan fingerprint density at radius 1 is 1.03 bits per heavy atom. The monoisotopic (exact) mass is 428 g/mol. The van der Waals surface area contributed by atoms with Crippen molar-refractivity contribution in [2.45, 2.75) is 71.4 Å². The lowest BCUT2D eigenvalue weighted by Crippen LogP contribution is -2.40. The minimum absolute atomic E-state index is 0.0533. The van der Waals surface area contributed by atoms with Crippen molar-refractivity contribution in [3.05, 3.63) is 47.1 Å². The Hall–Kier alpha value is -2.05. The predicted octanol–water partition coefficient (Wildman–Crippen LogP) is 4.23. The summed E-state index contributed by atoms with van der Waals surface area (Å²) in [5, 5.41) is 3.72. The molecule has 6 nitrogen and oxygen atoms in total. The van der Waals surface area contributed by atoms with E-state index in [1.807, 2.05) is 41.2 Å². The van der Waals surface area contributed by atoms with Gasteiger partial charge in [0.1, 0.15) is 5.75 Å². The molecule has 0 saturated heterocycles. The SMILES string of the molecule is CCCCOc1ccc(-n2ccn(C3CCC(NCCN(CC)CC)CC3)c2=O)cc1. The van der Waals surface area contributed by atoms with Gasteiger partial charge in [-0.05, 0) is 69.5 Å². The Kier molecular flexibility index (Phi) is 9.22. The molecule has 2 aromatic rings. The van der Waals surface area contributed by atoms with Crippen LogP contribution in [0.1, 0.15) is 65.3 Å². The lowest BCUT2D eigenvalue weighted by atomic mass is 9.91. The van der Waals surface area contributed by atoms with Crippen molar-refractivity contribution in [2.24, 2.45) is 0 Å². The first-order valence-corrected chi connectivity index (χ1v) is 12.1. The lowest BCUT2D eigenvalue weighted by molar-refractivity contribution is 0.261. The van der Waals surface area contributed by atoms with Crippen LogP contribution < -0.4 is 15.7 Å². The van der Waals surface area contributed by atoms with Crippen molar-refractivity contribution >= 4 is 0 Å². The number of rotatable bonds is 12. The summed E-state index contributed by atoms with van der Waals surface area (Å²) in [6.45, 7) is 11.7. The van der Waals surface area contributed by atoms with Crippen LogP contribution in [-0.4, -0.2) is 52.9 Å². The smallest absolute Gasteiger partial charge is 0.332 e. The van der Waals surface area contributed by atoms with E-state index < -0.39 is 0 Å². The molecule has 3 rings (SSSR count). The molecule has 0 bridgehead atoms. The van der Waals surface area contributed by atoms with Gasteiger partial charge in [-0.15, -0.1) is 0 Å². The zero-order valence-corrected chi connectivity index (χ0v) is 19.6. The highest BCUT2D eigenvalue weighted by Gasteiger charge is 2.23. The predicted molar refractivity (Wildman–Crippen MR) is 128 cm³/mol. The van der Waals surface area contributed by atoms with Crippen molar-refractivity contribution in [2.75, 3.05) is 32.8 Å². The maximum absolute atomic E-state index is 13.0. The Balaban J connectivity index is 1.52. The van der Waals surface area contributed by atoms with Crippen LogP contribution in [0, 0.1) is 0 Å². The lowest BCUT2D eigenvalue weighted by Gasteiger charge is -2.30. The molecule has 31 heavy (non-hydrogen) atoms. The number of imidazole rings is 1. The second-order valence-electron chi connectivity index (χ2n) is 8.54. The van der Waals surface area contributed by atoms with Crippen LogP contribution in [0.5, 0.6) is 5.75 Å². The van der Waals surface area contributed by atoms with Crippen LogP contribution in [0.4, 0.5) is 0 Å². The molecular weight excluding hydrogens is 388 g/mol. The molecule has 0 radical (unpaired) electrons. The molecule has 0 atom stereocenters. The number of unbranched alkanes of at least 4 members (excludes halogenated alkanes) is 1. The van der Waals surface area contributed by atoms with E-state index in [0.717, 1.165) is 82.7 Å². The van der Waals surface area contributed by atoms with Crippen LogP contribution in [0.25, 0.3) is 5.69 Å². The average Bonchev–Trinajstić information content (AvgIpc) is 3.19. The van der Waals surface area contributed by atoms with Crippen molar-refractivity contribution in [3.8, 4) is 11.4 Å². The molecular formula is C25H40N4O2. The Morgan fingerprint density at radius 3 is 2.39 bits per heavy atom. The Bertz CT molecular complexity index is 815. The number of hydrogen-bond donors (Lipinski definition) is 1. The zero-order chi connectivity index (χ0) is 22.1. The Morgan fingerprint density at radius 2 is 1.74 bits per heavy atom. The minimum Gasteiger partial charge on any atom is -0.494 e. The fourth-order valence-electron chi connectivity index (χ4n) is 4.43. The third kappa shape index (κ3) is 6.47. The van der Waals surface area contributed by atoms with Crippen molar-refractivity contribution in [1.29, 1.82) is 0 Å². The molecule has 0 aliphatic heterocycles.